The molecule has 0 radical (unpaired) electrons. The number of methoxy groups -OCH3 is 2. The van der Waals surface area contributed by atoms with E-state index in [-0.39, 0.29) is 11.5 Å². The fraction of sp³-hybridized carbons (Fsp3) is 0.333. The van der Waals surface area contributed by atoms with E-state index >= 15 is 0 Å². The molecule has 9 nitrogen and oxygen atoms in total. The van der Waals surface area contributed by atoms with Crippen LogP contribution in [0, 0.1) is 0 Å². The summed E-state index contributed by atoms with van der Waals surface area (Å²) in [5.74, 6) is 2.33. The highest BCUT2D eigenvalue weighted by Gasteiger charge is 2.14. The number of hydrogen-bond acceptors (Lipinski definition) is 7. The van der Waals surface area contributed by atoms with Crippen LogP contribution in [0.1, 0.15) is 24.7 Å². The Bertz CT molecular complexity index is 995. The van der Waals surface area contributed by atoms with E-state index < -0.39 is 0 Å². The first-order chi connectivity index (χ1) is 13.0. The number of ether oxygens (including phenoxy) is 2. The molecular weight excluding hydrogens is 348 g/mol. The smallest absolute Gasteiger partial charge is 0.255 e. The van der Waals surface area contributed by atoms with Gasteiger partial charge in [0.1, 0.15) is 5.82 Å². The van der Waals surface area contributed by atoms with Crippen LogP contribution in [0.2, 0.25) is 0 Å². The molecule has 3 rings (SSSR count). The summed E-state index contributed by atoms with van der Waals surface area (Å²) in [7, 11) is 3.17. The van der Waals surface area contributed by atoms with Gasteiger partial charge in [0.15, 0.2) is 17.3 Å². The van der Waals surface area contributed by atoms with Crippen LogP contribution in [0.3, 0.4) is 0 Å². The predicted octanol–water partition coefficient (Wildman–Crippen LogP) is 1.42. The first-order valence-corrected chi connectivity index (χ1v) is 8.55. The molecule has 0 aliphatic rings. The van der Waals surface area contributed by atoms with E-state index in [1.165, 1.54) is 17.1 Å². The zero-order valence-electron chi connectivity index (χ0n) is 15.5. The molecule has 0 fully saturated rings. The maximum Gasteiger partial charge on any atom is 0.255 e. The minimum absolute atomic E-state index is 0.116. The molecule has 2 heterocycles. The molecule has 27 heavy (non-hydrogen) atoms. The second-order valence-corrected chi connectivity index (χ2v) is 5.94. The van der Waals surface area contributed by atoms with Crippen molar-refractivity contribution in [3.63, 3.8) is 0 Å². The standard InChI is InChI=1S/C18H22N6O3/c1-4-7-23-11-20-15(10-17(23)25)24-16(21-18(19)22-24)9-12-5-6-13(26-2)14(8-12)27-3/h5-6,8,10-11H,4,7,9H2,1-3H3,(H2,19,22). The topological polar surface area (TPSA) is 110 Å². The highest BCUT2D eigenvalue weighted by molar-refractivity contribution is 5.44. The van der Waals surface area contributed by atoms with Crippen molar-refractivity contribution < 1.29 is 9.47 Å². The first kappa shape index (κ1) is 18.4. The lowest BCUT2D eigenvalue weighted by Crippen LogP contribution is -2.21. The third kappa shape index (κ3) is 3.91. The second kappa shape index (κ2) is 7.90. The Labute approximate surface area is 156 Å². The predicted molar refractivity (Wildman–Crippen MR) is 100 cm³/mol. The molecule has 0 amide bonds. The van der Waals surface area contributed by atoms with Crippen LogP contribution in [0.4, 0.5) is 5.95 Å². The lowest BCUT2D eigenvalue weighted by atomic mass is 10.1. The molecule has 1 aromatic carbocycles. The Morgan fingerprint density at radius 1 is 1.15 bits per heavy atom. The lowest BCUT2D eigenvalue weighted by molar-refractivity contribution is 0.354. The van der Waals surface area contributed by atoms with Crippen LogP contribution < -0.4 is 20.8 Å². The number of hydrogen-bond donors (Lipinski definition) is 1. The number of nitrogens with two attached hydrogens (primary N) is 1. The monoisotopic (exact) mass is 370 g/mol. The van der Waals surface area contributed by atoms with E-state index in [2.05, 4.69) is 15.1 Å². The molecule has 0 saturated carbocycles. The average molecular weight is 370 g/mol. The quantitative estimate of drug-likeness (QED) is 0.670. The van der Waals surface area contributed by atoms with Gasteiger partial charge in [-0.1, -0.05) is 13.0 Å². The van der Waals surface area contributed by atoms with Gasteiger partial charge < -0.3 is 15.2 Å². The van der Waals surface area contributed by atoms with Crippen molar-refractivity contribution in [3.8, 4) is 17.3 Å². The van der Waals surface area contributed by atoms with Crippen molar-refractivity contribution in [2.45, 2.75) is 26.3 Å². The maximum atomic E-state index is 12.2. The number of benzene rings is 1. The summed E-state index contributed by atoms with van der Waals surface area (Å²) in [6.07, 6.45) is 2.80. The number of rotatable bonds is 7. The SMILES string of the molecule is CCCn1cnc(-n2nc(N)nc2Cc2ccc(OC)c(OC)c2)cc1=O. The highest BCUT2D eigenvalue weighted by Crippen LogP contribution is 2.28. The van der Waals surface area contributed by atoms with Gasteiger partial charge in [-0.25, -0.2) is 4.98 Å². The van der Waals surface area contributed by atoms with Crippen LogP contribution in [-0.2, 0) is 13.0 Å². The van der Waals surface area contributed by atoms with E-state index in [4.69, 9.17) is 15.2 Å². The van der Waals surface area contributed by atoms with Crippen LogP contribution in [0.25, 0.3) is 5.82 Å². The number of nitrogen functional groups attached to an aromatic ring is 1. The van der Waals surface area contributed by atoms with Crippen molar-refractivity contribution in [2.75, 3.05) is 20.0 Å². The molecule has 0 atom stereocenters. The number of nitrogens with zero attached hydrogens (tertiary/aromatic N) is 5. The molecule has 0 saturated heterocycles. The van der Waals surface area contributed by atoms with Gasteiger partial charge in [0.05, 0.1) is 20.5 Å². The minimum Gasteiger partial charge on any atom is -0.493 e. The van der Waals surface area contributed by atoms with Crippen molar-refractivity contribution in [1.29, 1.82) is 0 Å². The van der Waals surface area contributed by atoms with Gasteiger partial charge in [0.2, 0.25) is 5.95 Å². The molecule has 0 aliphatic heterocycles. The summed E-state index contributed by atoms with van der Waals surface area (Å²) in [6, 6.07) is 7.02. The minimum atomic E-state index is -0.145. The summed E-state index contributed by atoms with van der Waals surface area (Å²) in [4.78, 5) is 20.8. The third-order valence-corrected chi connectivity index (χ3v) is 4.05. The number of anilines is 1. The van der Waals surface area contributed by atoms with Gasteiger partial charge in [0, 0.05) is 19.0 Å². The van der Waals surface area contributed by atoms with Crippen molar-refractivity contribution in [2.24, 2.45) is 0 Å². The van der Waals surface area contributed by atoms with Crippen molar-refractivity contribution >= 4 is 5.95 Å². The summed E-state index contributed by atoms with van der Waals surface area (Å²) in [6.45, 7) is 2.61. The zero-order valence-corrected chi connectivity index (χ0v) is 15.5. The summed E-state index contributed by atoms with van der Waals surface area (Å²) >= 11 is 0. The largest absolute Gasteiger partial charge is 0.493 e. The first-order valence-electron chi connectivity index (χ1n) is 8.55. The van der Waals surface area contributed by atoms with Crippen LogP contribution in [-0.4, -0.2) is 38.5 Å². The van der Waals surface area contributed by atoms with Gasteiger partial charge in [-0.05, 0) is 24.1 Å². The maximum absolute atomic E-state index is 12.2. The lowest BCUT2D eigenvalue weighted by Gasteiger charge is -2.10. The van der Waals surface area contributed by atoms with Crippen molar-refractivity contribution in [1.82, 2.24) is 24.3 Å². The molecule has 2 aromatic heterocycles. The fourth-order valence-electron chi connectivity index (χ4n) is 2.77. The molecule has 3 aromatic rings. The van der Waals surface area contributed by atoms with Gasteiger partial charge in [-0.3, -0.25) is 9.36 Å². The Hall–Kier alpha value is -3.36. The zero-order chi connectivity index (χ0) is 19.4. The molecule has 142 valence electrons. The Morgan fingerprint density at radius 2 is 1.93 bits per heavy atom. The van der Waals surface area contributed by atoms with E-state index in [1.807, 2.05) is 25.1 Å². The van der Waals surface area contributed by atoms with E-state index in [0.717, 1.165) is 12.0 Å². The molecule has 0 spiro atoms. The Morgan fingerprint density at radius 3 is 2.59 bits per heavy atom. The molecule has 0 aliphatic carbocycles. The third-order valence-electron chi connectivity index (χ3n) is 4.05. The fourth-order valence-corrected chi connectivity index (χ4v) is 2.77. The Kier molecular flexibility index (Phi) is 5.39. The molecular formula is C18H22N6O3. The normalized spacial score (nSPS) is 10.8. The van der Waals surface area contributed by atoms with Crippen LogP contribution in [0.5, 0.6) is 11.5 Å². The highest BCUT2D eigenvalue weighted by atomic mass is 16.5. The second-order valence-electron chi connectivity index (χ2n) is 5.94. The summed E-state index contributed by atoms with van der Waals surface area (Å²) < 4.78 is 13.6. The number of aromatic nitrogens is 5. The van der Waals surface area contributed by atoms with Gasteiger partial charge in [-0.2, -0.15) is 9.67 Å². The molecule has 9 heteroatoms. The average Bonchev–Trinajstić information content (AvgIpc) is 3.03. The molecule has 2 N–H and O–H groups in total. The summed E-state index contributed by atoms with van der Waals surface area (Å²) in [5.41, 5.74) is 6.57. The molecule has 0 bridgehead atoms. The Balaban J connectivity index is 1.95. The van der Waals surface area contributed by atoms with E-state index in [9.17, 15) is 4.79 Å². The van der Waals surface area contributed by atoms with Crippen LogP contribution in [0.15, 0.2) is 35.4 Å². The van der Waals surface area contributed by atoms with E-state index in [1.54, 1.807) is 18.8 Å². The van der Waals surface area contributed by atoms with Crippen LogP contribution >= 0.6 is 0 Å². The molecule has 0 unspecified atom stereocenters. The summed E-state index contributed by atoms with van der Waals surface area (Å²) in [5, 5.41) is 4.19. The van der Waals surface area contributed by atoms with E-state index in [0.29, 0.717) is 36.1 Å². The van der Waals surface area contributed by atoms with Gasteiger partial charge in [-0.15, -0.1) is 5.10 Å². The van der Waals surface area contributed by atoms with Crippen molar-refractivity contribution in [3.05, 3.63) is 52.3 Å². The van der Waals surface area contributed by atoms with Gasteiger partial charge in [0.25, 0.3) is 5.56 Å². The van der Waals surface area contributed by atoms with Gasteiger partial charge >= 0.3 is 0 Å². The number of aryl methyl sites for hydroxylation is 1.